The Kier molecular flexibility index (Phi) is 4.76. The molecule has 1 amide bonds. The fourth-order valence-corrected chi connectivity index (χ4v) is 3.31. The Balaban J connectivity index is 1.53. The molecule has 0 aliphatic carbocycles. The molecule has 4 rings (SSSR count). The Hall–Kier alpha value is -3.67. The monoisotopic (exact) mass is 374 g/mol. The number of ether oxygens (including phenoxy) is 1. The van der Waals surface area contributed by atoms with Gasteiger partial charge in [0.05, 0.1) is 10.6 Å². The van der Waals surface area contributed by atoms with E-state index >= 15 is 0 Å². The predicted octanol–water partition coefficient (Wildman–Crippen LogP) is 4.38. The van der Waals surface area contributed by atoms with E-state index in [1.165, 1.54) is 12.1 Å². The summed E-state index contributed by atoms with van der Waals surface area (Å²) in [7, 11) is 0. The summed E-state index contributed by atoms with van der Waals surface area (Å²) in [4.78, 5) is 25.2. The molecule has 0 unspecified atom stereocenters. The number of hydrogen-bond acceptors (Lipinski definition) is 4. The lowest BCUT2D eigenvalue weighted by Crippen LogP contribution is -2.28. The zero-order chi connectivity index (χ0) is 19.5. The molecule has 0 N–H and O–H groups in total. The lowest BCUT2D eigenvalue weighted by molar-refractivity contribution is -0.384. The Morgan fingerprint density at radius 3 is 2.64 bits per heavy atom. The molecular formula is C22H18N2O4. The second-order valence-corrected chi connectivity index (χ2v) is 6.58. The molecule has 1 heterocycles. The van der Waals surface area contributed by atoms with Crippen LogP contribution in [0, 0.1) is 10.1 Å². The van der Waals surface area contributed by atoms with E-state index in [0.29, 0.717) is 36.6 Å². The van der Waals surface area contributed by atoms with Crippen LogP contribution in [0.5, 0.6) is 5.75 Å². The van der Waals surface area contributed by atoms with Crippen LogP contribution in [0.2, 0.25) is 0 Å². The molecule has 3 aromatic carbocycles. The molecule has 140 valence electrons. The molecule has 0 bridgehead atoms. The number of nitro groups is 1. The van der Waals surface area contributed by atoms with Crippen LogP contribution in [0.3, 0.4) is 0 Å². The van der Waals surface area contributed by atoms with Crippen LogP contribution in [0.15, 0.2) is 72.8 Å². The third-order valence-corrected chi connectivity index (χ3v) is 4.75. The quantitative estimate of drug-likeness (QED) is 0.491. The average Bonchev–Trinajstić information content (AvgIpc) is 3.16. The van der Waals surface area contributed by atoms with Gasteiger partial charge in [-0.25, -0.2) is 0 Å². The summed E-state index contributed by atoms with van der Waals surface area (Å²) in [6.07, 6.45) is 0.684. The van der Waals surface area contributed by atoms with E-state index < -0.39 is 4.92 Å². The molecule has 0 radical (unpaired) electrons. The molecule has 0 fully saturated rings. The zero-order valence-corrected chi connectivity index (χ0v) is 15.1. The van der Waals surface area contributed by atoms with Gasteiger partial charge in [0.1, 0.15) is 12.4 Å². The van der Waals surface area contributed by atoms with Crippen LogP contribution in [0.25, 0.3) is 0 Å². The zero-order valence-electron chi connectivity index (χ0n) is 15.1. The molecular weight excluding hydrogens is 356 g/mol. The minimum absolute atomic E-state index is 0.0154. The maximum absolute atomic E-state index is 13.0. The Morgan fingerprint density at radius 2 is 1.86 bits per heavy atom. The minimum atomic E-state index is -0.445. The van der Waals surface area contributed by atoms with Gasteiger partial charge in [0.2, 0.25) is 0 Å². The van der Waals surface area contributed by atoms with Gasteiger partial charge < -0.3 is 9.64 Å². The first kappa shape index (κ1) is 17.7. The maximum Gasteiger partial charge on any atom is 0.271 e. The van der Waals surface area contributed by atoms with E-state index in [1.807, 2.05) is 36.4 Å². The van der Waals surface area contributed by atoms with Crippen molar-refractivity contribution in [3.63, 3.8) is 0 Å². The number of carbonyl (C=O) groups is 1. The normalized spacial score (nSPS) is 12.5. The lowest BCUT2D eigenvalue weighted by atomic mass is 10.1. The fraction of sp³-hybridized carbons (Fsp3) is 0.136. The molecule has 3 aromatic rings. The highest BCUT2D eigenvalue weighted by Crippen LogP contribution is 2.33. The van der Waals surface area contributed by atoms with Gasteiger partial charge >= 0.3 is 0 Å². The summed E-state index contributed by atoms with van der Waals surface area (Å²) >= 11 is 0. The fourth-order valence-electron chi connectivity index (χ4n) is 3.31. The van der Waals surface area contributed by atoms with E-state index in [-0.39, 0.29) is 11.6 Å². The van der Waals surface area contributed by atoms with Crippen molar-refractivity contribution in [2.75, 3.05) is 11.4 Å². The van der Waals surface area contributed by atoms with Crippen molar-refractivity contribution in [1.82, 2.24) is 0 Å². The van der Waals surface area contributed by atoms with Crippen molar-refractivity contribution in [3.8, 4) is 5.75 Å². The number of hydrogen-bond donors (Lipinski definition) is 0. The molecule has 1 aliphatic heterocycles. The number of amides is 1. The molecule has 1 aliphatic rings. The molecule has 6 heteroatoms. The molecule has 0 atom stereocenters. The van der Waals surface area contributed by atoms with E-state index in [1.54, 1.807) is 29.2 Å². The van der Waals surface area contributed by atoms with Gasteiger partial charge in [0, 0.05) is 24.2 Å². The van der Waals surface area contributed by atoms with E-state index in [2.05, 4.69) is 0 Å². The van der Waals surface area contributed by atoms with Gasteiger partial charge in [-0.3, -0.25) is 14.9 Å². The lowest BCUT2D eigenvalue weighted by Gasteiger charge is -2.18. The SMILES string of the molecule is O=C(c1cccc(OCc2ccccc2)c1)N1CCc2ccc([N+](=O)[O-])cc21. The number of non-ortho nitro benzene ring substituents is 1. The van der Waals surface area contributed by atoms with Crippen molar-refractivity contribution < 1.29 is 14.5 Å². The first-order valence-electron chi connectivity index (χ1n) is 8.98. The first-order valence-corrected chi connectivity index (χ1v) is 8.98. The van der Waals surface area contributed by atoms with Gasteiger partial charge in [-0.1, -0.05) is 42.5 Å². The van der Waals surface area contributed by atoms with Gasteiger partial charge in [-0.05, 0) is 35.7 Å². The second-order valence-electron chi connectivity index (χ2n) is 6.58. The predicted molar refractivity (Wildman–Crippen MR) is 106 cm³/mol. The average molecular weight is 374 g/mol. The summed E-state index contributed by atoms with van der Waals surface area (Å²) in [5.41, 5.74) is 3.06. The van der Waals surface area contributed by atoms with Crippen LogP contribution >= 0.6 is 0 Å². The number of rotatable bonds is 5. The highest BCUT2D eigenvalue weighted by atomic mass is 16.6. The highest BCUT2D eigenvalue weighted by Gasteiger charge is 2.27. The number of carbonyl (C=O) groups excluding carboxylic acids is 1. The van der Waals surface area contributed by atoms with Crippen molar-refractivity contribution in [2.24, 2.45) is 0 Å². The standard InChI is InChI=1S/C22H18N2O4/c25-22(23-12-11-17-9-10-19(24(26)27)14-21(17)23)18-7-4-8-20(13-18)28-15-16-5-2-1-3-6-16/h1-10,13-14H,11-12,15H2. The van der Waals surface area contributed by atoms with E-state index in [4.69, 9.17) is 4.74 Å². The third-order valence-electron chi connectivity index (χ3n) is 4.75. The molecule has 0 saturated carbocycles. The molecule has 0 aromatic heterocycles. The van der Waals surface area contributed by atoms with Crippen LogP contribution < -0.4 is 9.64 Å². The van der Waals surface area contributed by atoms with E-state index in [9.17, 15) is 14.9 Å². The van der Waals surface area contributed by atoms with Gasteiger partial charge in [0.25, 0.3) is 11.6 Å². The highest BCUT2D eigenvalue weighted by molar-refractivity contribution is 6.07. The smallest absolute Gasteiger partial charge is 0.271 e. The Morgan fingerprint density at radius 1 is 1.04 bits per heavy atom. The summed E-state index contributed by atoms with van der Waals surface area (Å²) < 4.78 is 5.81. The van der Waals surface area contributed by atoms with Crippen molar-refractivity contribution in [2.45, 2.75) is 13.0 Å². The number of nitrogens with zero attached hydrogens (tertiary/aromatic N) is 2. The molecule has 0 saturated heterocycles. The van der Waals surface area contributed by atoms with Crippen molar-refractivity contribution >= 4 is 17.3 Å². The van der Waals surface area contributed by atoms with E-state index in [0.717, 1.165) is 11.1 Å². The molecule has 28 heavy (non-hydrogen) atoms. The van der Waals surface area contributed by atoms with Gasteiger partial charge in [-0.15, -0.1) is 0 Å². The summed E-state index contributed by atoms with van der Waals surface area (Å²) in [6.45, 7) is 0.918. The molecule has 6 nitrogen and oxygen atoms in total. The second kappa shape index (κ2) is 7.52. The van der Waals surface area contributed by atoms with Crippen LogP contribution in [-0.2, 0) is 13.0 Å². The summed E-state index contributed by atoms with van der Waals surface area (Å²) in [6, 6.07) is 21.5. The van der Waals surface area contributed by atoms with Crippen LogP contribution in [0.1, 0.15) is 21.5 Å². The van der Waals surface area contributed by atoms with Crippen LogP contribution in [0.4, 0.5) is 11.4 Å². The topological polar surface area (TPSA) is 72.7 Å². The summed E-state index contributed by atoms with van der Waals surface area (Å²) in [5.74, 6) is 0.414. The Bertz CT molecular complexity index is 1030. The number of nitro benzene ring substituents is 1. The van der Waals surface area contributed by atoms with Crippen LogP contribution in [-0.4, -0.2) is 17.4 Å². The number of fused-ring (bicyclic) bond motifs is 1. The van der Waals surface area contributed by atoms with Gasteiger partial charge in [-0.2, -0.15) is 0 Å². The number of benzene rings is 3. The maximum atomic E-state index is 13.0. The van der Waals surface area contributed by atoms with Crippen molar-refractivity contribution in [3.05, 3.63) is 99.6 Å². The minimum Gasteiger partial charge on any atom is -0.489 e. The Labute approximate surface area is 162 Å². The number of anilines is 1. The third kappa shape index (κ3) is 3.57. The van der Waals surface area contributed by atoms with Gasteiger partial charge in [0.15, 0.2) is 0 Å². The molecule has 0 spiro atoms. The largest absolute Gasteiger partial charge is 0.489 e. The van der Waals surface area contributed by atoms with Crippen molar-refractivity contribution in [1.29, 1.82) is 0 Å². The summed E-state index contributed by atoms with van der Waals surface area (Å²) in [5, 5.41) is 11.1. The first-order chi connectivity index (χ1) is 13.6.